The molecule has 0 aromatic carbocycles. The van der Waals surface area contributed by atoms with Crippen molar-refractivity contribution in [2.45, 2.75) is 315 Å². The Labute approximate surface area is 514 Å². The Morgan fingerprint density at radius 2 is 0.619 bits per heavy atom. The molecule has 11 nitrogen and oxygen atoms in total. The zero-order valence-corrected chi connectivity index (χ0v) is 54.7. The van der Waals surface area contributed by atoms with Crippen LogP contribution in [0.5, 0.6) is 0 Å². The molecule has 2 N–H and O–H groups in total. The van der Waals surface area contributed by atoms with E-state index in [0.29, 0.717) is 19.3 Å². The Kier molecular flexibility index (Phi) is 62.6. The predicted octanol–water partition coefficient (Wildman–Crippen LogP) is 21.2. The fraction of sp³-hybridized carbons (Fsp3) is 0.736. The number of esters is 3. The lowest BCUT2D eigenvalue weighted by Gasteiger charge is -2.21. The van der Waals surface area contributed by atoms with Gasteiger partial charge in [-0.1, -0.05) is 259 Å². The summed E-state index contributed by atoms with van der Waals surface area (Å²) >= 11 is 0. The van der Waals surface area contributed by atoms with Gasteiger partial charge in [0.05, 0.1) is 19.8 Å². The number of rotatable bonds is 63. The summed E-state index contributed by atoms with van der Waals surface area (Å²) in [6.07, 6.45) is 79.2. The number of aliphatic hydroxyl groups excluding tert-OH is 1. The zero-order chi connectivity index (χ0) is 61.2. The van der Waals surface area contributed by atoms with Crippen LogP contribution in [-0.4, -0.2) is 66.5 Å². The number of carbonyl (C=O) groups is 3. The van der Waals surface area contributed by atoms with E-state index in [0.717, 1.165) is 135 Å². The van der Waals surface area contributed by atoms with Crippen molar-refractivity contribution in [2.75, 3.05) is 26.4 Å². The number of phosphoric ester groups is 1. The Hall–Kier alpha value is -3.60. The van der Waals surface area contributed by atoms with Crippen LogP contribution in [-0.2, 0) is 42.2 Å². The number of carbonyl (C=O) groups excluding carboxylic acids is 3. The molecule has 0 aliphatic heterocycles. The summed E-state index contributed by atoms with van der Waals surface area (Å²) in [5.74, 6) is -1.49. The van der Waals surface area contributed by atoms with Gasteiger partial charge in [-0.05, 0) is 122 Å². The molecule has 484 valence electrons. The molecule has 84 heavy (non-hydrogen) atoms. The van der Waals surface area contributed by atoms with E-state index >= 15 is 0 Å². The largest absolute Gasteiger partial charge is 0.472 e. The van der Waals surface area contributed by atoms with Gasteiger partial charge in [-0.2, -0.15) is 0 Å². The molecular weight excluding hydrogens is 1070 g/mol. The van der Waals surface area contributed by atoms with Gasteiger partial charge in [0.2, 0.25) is 0 Å². The van der Waals surface area contributed by atoms with Gasteiger partial charge < -0.3 is 24.2 Å². The summed E-state index contributed by atoms with van der Waals surface area (Å²) in [5.41, 5.74) is 0. The molecule has 0 amide bonds. The molecule has 0 aromatic heterocycles. The van der Waals surface area contributed by atoms with Crippen molar-refractivity contribution in [3.05, 3.63) is 97.2 Å². The Bertz CT molecular complexity index is 1780. The molecular formula is C72H125O11P. The number of allylic oxidation sites excluding steroid dienone is 16. The van der Waals surface area contributed by atoms with Gasteiger partial charge in [-0.3, -0.25) is 23.4 Å². The van der Waals surface area contributed by atoms with Crippen LogP contribution in [0.2, 0.25) is 0 Å². The Morgan fingerprint density at radius 3 is 0.988 bits per heavy atom. The fourth-order valence-electron chi connectivity index (χ4n) is 9.29. The van der Waals surface area contributed by atoms with E-state index in [1.165, 1.54) is 109 Å². The third kappa shape index (κ3) is 62.9. The first kappa shape index (κ1) is 80.4. The maximum Gasteiger partial charge on any atom is 0.472 e. The van der Waals surface area contributed by atoms with Crippen LogP contribution in [0.15, 0.2) is 97.2 Å². The summed E-state index contributed by atoms with van der Waals surface area (Å²) in [6.45, 7) is 4.51. The first-order valence-corrected chi connectivity index (χ1v) is 35.6. The van der Waals surface area contributed by atoms with Crippen LogP contribution in [0.4, 0.5) is 0 Å². The molecule has 12 heteroatoms. The second-order valence-electron chi connectivity index (χ2n) is 22.6. The highest BCUT2D eigenvalue weighted by molar-refractivity contribution is 7.47. The van der Waals surface area contributed by atoms with Crippen molar-refractivity contribution >= 4 is 25.7 Å². The lowest BCUT2D eigenvalue weighted by molar-refractivity contribution is -0.161. The smallest absolute Gasteiger partial charge is 0.462 e. The highest BCUT2D eigenvalue weighted by Gasteiger charge is 2.28. The average Bonchev–Trinajstić information content (AvgIpc) is 3.55. The van der Waals surface area contributed by atoms with E-state index in [9.17, 15) is 28.9 Å². The summed E-state index contributed by atoms with van der Waals surface area (Å²) < 4.78 is 39.8. The number of hydrogen-bond acceptors (Lipinski definition) is 10. The van der Waals surface area contributed by atoms with Gasteiger partial charge in [0.25, 0.3) is 0 Å². The third-order valence-corrected chi connectivity index (χ3v) is 15.4. The second-order valence-corrected chi connectivity index (χ2v) is 24.1. The van der Waals surface area contributed by atoms with Crippen LogP contribution < -0.4 is 0 Å². The van der Waals surface area contributed by atoms with Crippen molar-refractivity contribution in [3.8, 4) is 0 Å². The highest BCUT2D eigenvalue weighted by Crippen LogP contribution is 2.43. The maximum atomic E-state index is 13.0. The molecule has 0 saturated heterocycles. The molecule has 0 heterocycles. The summed E-state index contributed by atoms with van der Waals surface area (Å²) in [5, 5.41) is 9.88. The molecule has 0 spiro atoms. The second kappa shape index (κ2) is 65.4. The molecule has 0 saturated carbocycles. The Balaban J connectivity index is 4.72. The first-order valence-electron chi connectivity index (χ1n) is 34.1. The normalized spacial score (nSPS) is 13.8. The standard InChI is InChI=1S/C72H125O11P/c1-4-7-10-13-16-19-22-25-28-31-34-37-40-43-46-49-52-55-58-61-70(74)79-65-69(83-72(76)63-60-57-54-51-48-45-42-39-36-33-30-27-24-21-18-15-12-9-6-3)67-81-84(77,78)80-66-68(64-73)82-71(75)62-59-56-53-50-47-44-41-38-35-32-29-26-23-20-17-14-11-8-5-2/h7,10,16,18-19,21,25-30,34,36-37,39,68-69,73H,4-6,8-9,11-15,17,20,22-24,31-33,35,38,40-67H2,1-3H3,(H,77,78)/b10-7-,19-16-,21-18-,28-25-,29-26-,30-27-,37-34-,39-36-. The van der Waals surface area contributed by atoms with Crippen molar-refractivity contribution in [2.24, 2.45) is 0 Å². The summed E-state index contributed by atoms with van der Waals surface area (Å²) in [4.78, 5) is 48.9. The first-order chi connectivity index (χ1) is 41.2. The SMILES string of the molecule is CC/C=C\C/C=C\C/C=C\C/C=C\CCCCCCCCC(=O)OCC(COP(=O)(O)OCC(CO)OC(=O)CCCCCCCCCCC/C=C\CCCCCCCC)OC(=O)CCCCCCCC/C=C\C/C=C\C/C=C\CCCCC. The average molecular weight is 1200 g/mol. The van der Waals surface area contributed by atoms with Gasteiger partial charge in [0.1, 0.15) is 12.7 Å². The molecule has 0 aromatic rings. The van der Waals surface area contributed by atoms with Crippen LogP contribution in [0.25, 0.3) is 0 Å². The molecule has 0 aliphatic carbocycles. The van der Waals surface area contributed by atoms with Crippen LogP contribution in [0.1, 0.15) is 303 Å². The van der Waals surface area contributed by atoms with Crippen molar-refractivity contribution < 1.29 is 52.2 Å². The summed E-state index contributed by atoms with van der Waals surface area (Å²) in [6, 6.07) is 0. The minimum absolute atomic E-state index is 0.146. The number of aliphatic hydroxyl groups is 1. The molecule has 0 fully saturated rings. The fourth-order valence-corrected chi connectivity index (χ4v) is 10.1. The number of hydrogen-bond donors (Lipinski definition) is 2. The monoisotopic (exact) mass is 1200 g/mol. The van der Waals surface area contributed by atoms with Crippen molar-refractivity contribution in [1.82, 2.24) is 0 Å². The number of unbranched alkanes of at least 4 members (excludes halogenated alkanes) is 30. The van der Waals surface area contributed by atoms with Gasteiger partial charge in [-0.15, -0.1) is 0 Å². The molecule has 0 bridgehead atoms. The lowest BCUT2D eigenvalue weighted by Crippen LogP contribution is -2.30. The molecule has 3 unspecified atom stereocenters. The quantitative estimate of drug-likeness (QED) is 0.0197. The lowest BCUT2D eigenvalue weighted by atomic mass is 10.1. The predicted molar refractivity (Wildman–Crippen MR) is 353 cm³/mol. The molecule has 0 aliphatic rings. The minimum Gasteiger partial charge on any atom is -0.462 e. The third-order valence-electron chi connectivity index (χ3n) is 14.5. The minimum atomic E-state index is -4.77. The van der Waals surface area contributed by atoms with Crippen LogP contribution in [0.3, 0.4) is 0 Å². The van der Waals surface area contributed by atoms with Gasteiger partial charge >= 0.3 is 25.7 Å². The van der Waals surface area contributed by atoms with Gasteiger partial charge in [0.15, 0.2) is 6.10 Å². The molecule has 0 radical (unpaired) electrons. The molecule has 3 atom stereocenters. The highest BCUT2D eigenvalue weighted by atomic mass is 31.2. The van der Waals surface area contributed by atoms with E-state index in [4.69, 9.17) is 23.3 Å². The number of phosphoric acid groups is 1. The van der Waals surface area contributed by atoms with E-state index in [2.05, 4.69) is 118 Å². The molecule has 0 rings (SSSR count). The van der Waals surface area contributed by atoms with Gasteiger partial charge in [-0.25, -0.2) is 4.57 Å². The van der Waals surface area contributed by atoms with E-state index in [1.807, 2.05) is 0 Å². The van der Waals surface area contributed by atoms with Crippen LogP contribution in [0, 0.1) is 0 Å². The summed E-state index contributed by atoms with van der Waals surface area (Å²) in [7, 11) is -4.77. The maximum absolute atomic E-state index is 13.0. The zero-order valence-electron chi connectivity index (χ0n) is 53.8. The van der Waals surface area contributed by atoms with Gasteiger partial charge in [0, 0.05) is 19.3 Å². The van der Waals surface area contributed by atoms with Crippen LogP contribution >= 0.6 is 7.82 Å². The number of ether oxygens (including phenoxy) is 3. The van der Waals surface area contributed by atoms with Crippen molar-refractivity contribution in [1.29, 1.82) is 0 Å². The van der Waals surface area contributed by atoms with E-state index in [1.54, 1.807) is 0 Å². The topological polar surface area (TPSA) is 155 Å². The van der Waals surface area contributed by atoms with Crippen molar-refractivity contribution in [3.63, 3.8) is 0 Å². The Morgan fingerprint density at radius 1 is 0.345 bits per heavy atom. The van der Waals surface area contributed by atoms with E-state index < -0.39 is 57.8 Å². The van der Waals surface area contributed by atoms with E-state index in [-0.39, 0.29) is 25.9 Å².